The normalized spacial score (nSPS) is 10.8. The van der Waals surface area contributed by atoms with E-state index in [0.29, 0.717) is 15.7 Å². The van der Waals surface area contributed by atoms with Crippen molar-refractivity contribution in [1.29, 1.82) is 0 Å². The zero-order valence-corrected chi connectivity index (χ0v) is 11.1. The van der Waals surface area contributed by atoms with Crippen molar-refractivity contribution >= 4 is 34.6 Å². The molecule has 6 heteroatoms. The van der Waals surface area contributed by atoms with Crippen LogP contribution in [-0.4, -0.2) is 20.2 Å². The predicted molar refractivity (Wildman–Crippen MR) is 72.9 cm³/mol. The highest BCUT2D eigenvalue weighted by molar-refractivity contribution is 6.40. The first kappa shape index (κ1) is 12.1. The van der Waals surface area contributed by atoms with Crippen LogP contribution in [0.15, 0.2) is 42.9 Å². The van der Waals surface area contributed by atoms with Gasteiger partial charge in [-0.05, 0) is 18.2 Å². The number of benzene rings is 1. The average molecular weight is 292 g/mol. The van der Waals surface area contributed by atoms with Crippen LogP contribution >= 0.6 is 23.2 Å². The van der Waals surface area contributed by atoms with Gasteiger partial charge in [0.05, 0.1) is 21.8 Å². The highest BCUT2D eigenvalue weighted by Gasteiger charge is 2.20. The first-order chi connectivity index (χ1) is 9.18. The number of rotatable bonds is 2. The second-order valence-corrected chi connectivity index (χ2v) is 4.67. The van der Waals surface area contributed by atoms with E-state index in [1.807, 2.05) is 0 Å². The number of aromatic nitrogens is 3. The van der Waals surface area contributed by atoms with Gasteiger partial charge in [-0.15, -0.1) is 0 Å². The summed E-state index contributed by atoms with van der Waals surface area (Å²) in [7, 11) is 0. The standard InChI is InChI=1S/C13H7Cl2N3O/c14-8-3-1-4-9(15)11(8)12(19)13-17-7-10-16-5-2-6-18(10)13/h1-7H. The fraction of sp³-hybridized carbons (Fsp3) is 0. The molecule has 2 aromatic heterocycles. The topological polar surface area (TPSA) is 47.3 Å². The van der Waals surface area contributed by atoms with Crippen molar-refractivity contribution in [3.63, 3.8) is 0 Å². The monoisotopic (exact) mass is 291 g/mol. The number of halogens is 2. The number of ketones is 1. The number of carbonyl (C=O) groups excluding carboxylic acids is 1. The summed E-state index contributed by atoms with van der Waals surface area (Å²) in [5.41, 5.74) is 0.844. The average Bonchev–Trinajstić information content (AvgIpc) is 2.82. The molecule has 0 unspecified atom stereocenters. The molecule has 0 bridgehead atoms. The second kappa shape index (κ2) is 4.64. The van der Waals surface area contributed by atoms with Crippen LogP contribution in [-0.2, 0) is 0 Å². The Morgan fingerprint density at radius 2 is 1.84 bits per heavy atom. The van der Waals surface area contributed by atoms with Crippen LogP contribution in [0.4, 0.5) is 0 Å². The van der Waals surface area contributed by atoms with Crippen LogP contribution in [0, 0.1) is 0 Å². The van der Waals surface area contributed by atoms with Crippen molar-refractivity contribution < 1.29 is 4.79 Å². The SMILES string of the molecule is O=C(c1c(Cl)cccc1Cl)c1ncc2ncccn12. The zero-order valence-electron chi connectivity index (χ0n) is 9.55. The molecule has 2 heterocycles. The van der Waals surface area contributed by atoms with Gasteiger partial charge in [0, 0.05) is 12.4 Å². The van der Waals surface area contributed by atoms with Crippen molar-refractivity contribution in [2.75, 3.05) is 0 Å². The van der Waals surface area contributed by atoms with E-state index in [0.717, 1.165) is 0 Å². The smallest absolute Gasteiger partial charge is 0.231 e. The van der Waals surface area contributed by atoms with E-state index in [2.05, 4.69) is 9.97 Å². The van der Waals surface area contributed by atoms with E-state index < -0.39 is 0 Å². The number of carbonyl (C=O) groups is 1. The molecular weight excluding hydrogens is 285 g/mol. The fourth-order valence-electron chi connectivity index (χ4n) is 1.83. The molecule has 1 aromatic carbocycles. The molecule has 0 aliphatic carbocycles. The summed E-state index contributed by atoms with van der Waals surface area (Å²) in [6.45, 7) is 0. The molecule has 0 aliphatic heterocycles. The summed E-state index contributed by atoms with van der Waals surface area (Å²) in [6.07, 6.45) is 4.87. The molecule has 0 amide bonds. The number of hydrogen-bond donors (Lipinski definition) is 0. The van der Waals surface area contributed by atoms with Crippen LogP contribution in [0.5, 0.6) is 0 Å². The maximum absolute atomic E-state index is 12.5. The van der Waals surface area contributed by atoms with Crippen molar-refractivity contribution in [2.45, 2.75) is 0 Å². The first-order valence-electron chi connectivity index (χ1n) is 5.45. The maximum atomic E-state index is 12.5. The minimum atomic E-state index is -0.330. The van der Waals surface area contributed by atoms with Crippen molar-refractivity contribution in [2.24, 2.45) is 0 Å². The molecule has 0 saturated carbocycles. The van der Waals surface area contributed by atoms with Crippen LogP contribution in [0.25, 0.3) is 5.65 Å². The van der Waals surface area contributed by atoms with Crippen molar-refractivity contribution in [3.05, 3.63) is 64.3 Å². The highest BCUT2D eigenvalue weighted by atomic mass is 35.5. The lowest BCUT2D eigenvalue weighted by atomic mass is 10.1. The van der Waals surface area contributed by atoms with Gasteiger partial charge in [0.1, 0.15) is 0 Å². The van der Waals surface area contributed by atoms with Gasteiger partial charge in [0.15, 0.2) is 11.5 Å². The minimum absolute atomic E-state index is 0.234. The Kier molecular flexibility index (Phi) is 2.97. The third-order valence-electron chi connectivity index (χ3n) is 2.70. The Bertz CT molecular complexity index is 762. The lowest BCUT2D eigenvalue weighted by Gasteiger charge is -2.05. The predicted octanol–water partition coefficient (Wildman–Crippen LogP) is 3.27. The summed E-state index contributed by atoms with van der Waals surface area (Å²) in [5.74, 6) is -0.0956. The van der Waals surface area contributed by atoms with Gasteiger partial charge in [-0.2, -0.15) is 0 Å². The van der Waals surface area contributed by atoms with Gasteiger partial charge >= 0.3 is 0 Å². The third-order valence-corrected chi connectivity index (χ3v) is 3.33. The molecule has 3 rings (SSSR count). The first-order valence-corrected chi connectivity index (χ1v) is 6.21. The molecule has 0 spiro atoms. The Morgan fingerprint density at radius 3 is 2.58 bits per heavy atom. The molecule has 0 N–H and O–H groups in total. The summed E-state index contributed by atoms with van der Waals surface area (Å²) in [6, 6.07) is 6.65. The second-order valence-electron chi connectivity index (χ2n) is 3.86. The number of hydrogen-bond acceptors (Lipinski definition) is 3. The Labute approximate surface area is 118 Å². The summed E-state index contributed by atoms with van der Waals surface area (Å²) in [4.78, 5) is 20.7. The minimum Gasteiger partial charge on any atom is -0.285 e. The van der Waals surface area contributed by atoms with E-state index >= 15 is 0 Å². The van der Waals surface area contributed by atoms with Crippen LogP contribution < -0.4 is 0 Å². The van der Waals surface area contributed by atoms with E-state index in [4.69, 9.17) is 23.2 Å². The molecule has 19 heavy (non-hydrogen) atoms. The molecule has 94 valence electrons. The number of fused-ring (bicyclic) bond motifs is 1. The molecule has 4 nitrogen and oxygen atoms in total. The van der Waals surface area contributed by atoms with Gasteiger partial charge in [-0.25, -0.2) is 9.97 Å². The summed E-state index contributed by atoms with van der Waals surface area (Å²) < 4.78 is 1.60. The Balaban J connectivity index is 2.20. The lowest BCUT2D eigenvalue weighted by molar-refractivity contribution is 0.102. The Morgan fingerprint density at radius 1 is 1.11 bits per heavy atom. The van der Waals surface area contributed by atoms with Gasteiger partial charge < -0.3 is 0 Å². The fourth-order valence-corrected chi connectivity index (χ4v) is 2.40. The van der Waals surface area contributed by atoms with Gasteiger partial charge in [0.25, 0.3) is 0 Å². The van der Waals surface area contributed by atoms with Crippen LogP contribution in [0.3, 0.4) is 0 Å². The van der Waals surface area contributed by atoms with E-state index in [1.54, 1.807) is 41.1 Å². The summed E-state index contributed by atoms with van der Waals surface area (Å²) >= 11 is 12.1. The molecular formula is C13H7Cl2N3O. The zero-order chi connectivity index (χ0) is 13.4. The molecule has 0 radical (unpaired) electrons. The van der Waals surface area contributed by atoms with Crippen molar-refractivity contribution in [1.82, 2.24) is 14.4 Å². The molecule has 3 aromatic rings. The lowest BCUT2D eigenvalue weighted by Crippen LogP contribution is -2.08. The Hall–Kier alpha value is -1.91. The van der Waals surface area contributed by atoms with Gasteiger partial charge in [-0.3, -0.25) is 9.20 Å². The van der Waals surface area contributed by atoms with Crippen LogP contribution in [0.2, 0.25) is 10.0 Å². The molecule has 0 aliphatic rings. The maximum Gasteiger partial charge on any atom is 0.231 e. The van der Waals surface area contributed by atoms with Gasteiger partial charge in [0.2, 0.25) is 5.78 Å². The number of nitrogens with zero attached hydrogens (tertiary/aromatic N) is 3. The quantitative estimate of drug-likeness (QED) is 0.681. The van der Waals surface area contributed by atoms with Crippen molar-refractivity contribution in [3.8, 4) is 0 Å². The van der Waals surface area contributed by atoms with E-state index in [-0.39, 0.29) is 17.2 Å². The van der Waals surface area contributed by atoms with E-state index in [9.17, 15) is 4.79 Å². The largest absolute Gasteiger partial charge is 0.285 e. The summed E-state index contributed by atoms with van der Waals surface area (Å²) in [5, 5.41) is 0.608. The third kappa shape index (κ3) is 1.99. The van der Waals surface area contributed by atoms with E-state index in [1.165, 1.54) is 6.20 Å². The molecule has 0 atom stereocenters. The molecule has 0 fully saturated rings. The van der Waals surface area contributed by atoms with Gasteiger partial charge in [-0.1, -0.05) is 29.3 Å². The number of imidazole rings is 1. The van der Waals surface area contributed by atoms with Crippen LogP contribution in [0.1, 0.15) is 16.2 Å². The molecule has 0 saturated heterocycles. The highest BCUT2D eigenvalue weighted by Crippen LogP contribution is 2.26.